The number of nitrogens with one attached hydrogen (secondary N) is 1. The molecular weight excluding hydrogens is 234 g/mol. The molecule has 0 radical (unpaired) electrons. The van der Waals surface area contributed by atoms with Crippen LogP contribution in [0.1, 0.15) is 38.2 Å². The molecule has 1 fully saturated rings. The Morgan fingerprint density at radius 1 is 1.32 bits per heavy atom. The molecule has 1 heterocycles. The lowest BCUT2D eigenvalue weighted by molar-refractivity contribution is 0.0979. The zero-order chi connectivity index (χ0) is 13.3. The molecule has 19 heavy (non-hydrogen) atoms. The molecule has 0 saturated carbocycles. The minimum Gasteiger partial charge on any atom is -0.378 e. The lowest BCUT2D eigenvalue weighted by Crippen LogP contribution is -2.25. The summed E-state index contributed by atoms with van der Waals surface area (Å²) < 4.78 is 5.74. The molecule has 1 aliphatic heterocycles. The van der Waals surface area contributed by atoms with Gasteiger partial charge in [0.1, 0.15) is 0 Å². The van der Waals surface area contributed by atoms with Crippen LogP contribution in [0.3, 0.4) is 0 Å². The van der Waals surface area contributed by atoms with Crippen molar-refractivity contribution in [2.24, 2.45) is 5.92 Å². The van der Waals surface area contributed by atoms with Crippen LogP contribution in [0.4, 0.5) is 0 Å². The molecule has 1 aromatic rings. The van der Waals surface area contributed by atoms with Crippen molar-refractivity contribution < 1.29 is 4.74 Å². The predicted molar refractivity (Wildman–Crippen MR) is 80.4 cm³/mol. The second-order valence-electron chi connectivity index (χ2n) is 5.58. The van der Waals surface area contributed by atoms with Gasteiger partial charge in [0.2, 0.25) is 0 Å². The maximum Gasteiger partial charge on any atom is 0.0576 e. The van der Waals surface area contributed by atoms with Crippen LogP contribution in [0.15, 0.2) is 30.3 Å². The van der Waals surface area contributed by atoms with Gasteiger partial charge in [0.25, 0.3) is 0 Å². The quantitative estimate of drug-likeness (QED) is 0.774. The van der Waals surface area contributed by atoms with E-state index in [1.807, 2.05) is 0 Å². The smallest absolute Gasteiger partial charge is 0.0576 e. The average Bonchev–Trinajstić information content (AvgIpc) is 2.96. The molecule has 0 amide bonds. The van der Waals surface area contributed by atoms with Gasteiger partial charge in [0.15, 0.2) is 0 Å². The summed E-state index contributed by atoms with van der Waals surface area (Å²) in [5.74, 6) is 0.728. The molecule has 0 spiro atoms. The van der Waals surface area contributed by atoms with Crippen LogP contribution in [0.5, 0.6) is 0 Å². The second-order valence-corrected chi connectivity index (χ2v) is 5.58. The van der Waals surface area contributed by atoms with E-state index < -0.39 is 0 Å². The van der Waals surface area contributed by atoms with Gasteiger partial charge < -0.3 is 10.1 Å². The Balaban J connectivity index is 1.80. The van der Waals surface area contributed by atoms with Crippen molar-refractivity contribution in [1.29, 1.82) is 0 Å². The summed E-state index contributed by atoms with van der Waals surface area (Å²) in [7, 11) is 0. The number of ether oxygens (including phenoxy) is 1. The zero-order valence-corrected chi connectivity index (χ0v) is 12.1. The topological polar surface area (TPSA) is 21.3 Å². The van der Waals surface area contributed by atoms with Crippen LogP contribution in [0.2, 0.25) is 0 Å². The lowest BCUT2D eigenvalue weighted by atomic mass is 9.93. The van der Waals surface area contributed by atoms with Crippen LogP contribution in [0.25, 0.3) is 0 Å². The Morgan fingerprint density at radius 3 is 2.84 bits per heavy atom. The van der Waals surface area contributed by atoms with Gasteiger partial charge in [-0.15, -0.1) is 0 Å². The van der Waals surface area contributed by atoms with Crippen molar-refractivity contribution in [3.05, 3.63) is 35.9 Å². The molecule has 1 aromatic carbocycles. The van der Waals surface area contributed by atoms with Crippen molar-refractivity contribution in [3.63, 3.8) is 0 Å². The summed E-state index contributed by atoms with van der Waals surface area (Å²) in [5, 5.41) is 3.50. The summed E-state index contributed by atoms with van der Waals surface area (Å²) in [5.41, 5.74) is 1.46. The SMILES string of the molecule is CCNCC(CCC1CCCO1)Cc1ccccc1. The van der Waals surface area contributed by atoms with Crippen LogP contribution in [-0.2, 0) is 11.2 Å². The molecule has 0 bridgehead atoms. The average molecular weight is 261 g/mol. The normalized spacial score (nSPS) is 20.6. The van der Waals surface area contributed by atoms with Gasteiger partial charge in [-0.05, 0) is 56.7 Å². The summed E-state index contributed by atoms with van der Waals surface area (Å²) in [6.45, 7) is 5.34. The Kier molecular flexibility index (Phi) is 6.38. The van der Waals surface area contributed by atoms with Gasteiger partial charge in [0, 0.05) is 6.61 Å². The van der Waals surface area contributed by atoms with E-state index >= 15 is 0 Å². The van der Waals surface area contributed by atoms with Gasteiger partial charge in [0.05, 0.1) is 6.10 Å². The van der Waals surface area contributed by atoms with Crippen LogP contribution in [-0.4, -0.2) is 25.8 Å². The molecule has 2 heteroatoms. The van der Waals surface area contributed by atoms with E-state index in [0.717, 1.165) is 25.6 Å². The van der Waals surface area contributed by atoms with E-state index in [0.29, 0.717) is 6.10 Å². The fourth-order valence-corrected chi connectivity index (χ4v) is 2.87. The fraction of sp³-hybridized carbons (Fsp3) is 0.647. The molecule has 1 saturated heterocycles. The summed E-state index contributed by atoms with van der Waals surface area (Å²) >= 11 is 0. The highest BCUT2D eigenvalue weighted by atomic mass is 16.5. The van der Waals surface area contributed by atoms with Gasteiger partial charge in [-0.2, -0.15) is 0 Å². The maximum absolute atomic E-state index is 5.74. The van der Waals surface area contributed by atoms with Crippen molar-refractivity contribution in [1.82, 2.24) is 5.32 Å². The van der Waals surface area contributed by atoms with E-state index in [1.54, 1.807) is 0 Å². The largest absolute Gasteiger partial charge is 0.378 e. The van der Waals surface area contributed by atoms with Gasteiger partial charge >= 0.3 is 0 Å². The maximum atomic E-state index is 5.74. The van der Waals surface area contributed by atoms with Gasteiger partial charge in [-0.3, -0.25) is 0 Å². The van der Waals surface area contributed by atoms with Crippen molar-refractivity contribution in [3.8, 4) is 0 Å². The first-order valence-electron chi connectivity index (χ1n) is 7.74. The number of rotatable bonds is 8. The standard InChI is InChI=1S/C17H27NO/c1-2-18-14-16(10-11-17-9-6-12-19-17)13-15-7-4-3-5-8-15/h3-5,7-8,16-18H,2,6,9-14H2,1H3. The third-order valence-corrected chi connectivity index (χ3v) is 3.97. The molecule has 2 atom stereocenters. The number of benzene rings is 1. The molecule has 2 nitrogen and oxygen atoms in total. The van der Waals surface area contributed by atoms with E-state index in [4.69, 9.17) is 4.74 Å². The Labute approximate surface area is 117 Å². The second kappa shape index (κ2) is 8.34. The third kappa shape index (κ3) is 5.33. The highest BCUT2D eigenvalue weighted by Gasteiger charge is 2.18. The molecular formula is C17H27NO. The molecule has 0 aliphatic carbocycles. The van der Waals surface area contributed by atoms with Gasteiger partial charge in [-0.25, -0.2) is 0 Å². The van der Waals surface area contributed by atoms with Crippen molar-refractivity contribution >= 4 is 0 Å². The zero-order valence-electron chi connectivity index (χ0n) is 12.1. The molecule has 0 aromatic heterocycles. The molecule has 106 valence electrons. The molecule has 2 rings (SSSR count). The monoisotopic (exact) mass is 261 g/mol. The van der Waals surface area contributed by atoms with E-state index in [-0.39, 0.29) is 0 Å². The minimum atomic E-state index is 0.528. The molecule has 2 unspecified atom stereocenters. The number of hydrogen-bond donors (Lipinski definition) is 1. The molecule has 1 aliphatic rings. The van der Waals surface area contributed by atoms with Crippen LogP contribution < -0.4 is 5.32 Å². The minimum absolute atomic E-state index is 0.528. The van der Waals surface area contributed by atoms with Crippen LogP contribution in [0, 0.1) is 5.92 Å². The van der Waals surface area contributed by atoms with Gasteiger partial charge in [-0.1, -0.05) is 37.3 Å². The van der Waals surface area contributed by atoms with Crippen LogP contribution >= 0.6 is 0 Å². The molecule has 1 N–H and O–H groups in total. The Morgan fingerprint density at radius 2 is 2.16 bits per heavy atom. The highest BCUT2D eigenvalue weighted by Crippen LogP contribution is 2.21. The van der Waals surface area contributed by atoms with E-state index in [9.17, 15) is 0 Å². The summed E-state index contributed by atoms with van der Waals surface area (Å²) in [6, 6.07) is 10.9. The first-order chi connectivity index (χ1) is 9.38. The third-order valence-electron chi connectivity index (χ3n) is 3.97. The summed E-state index contributed by atoms with van der Waals surface area (Å²) in [4.78, 5) is 0. The highest BCUT2D eigenvalue weighted by molar-refractivity contribution is 5.15. The first-order valence-corrected chi connectivity index (χ1v) is 7.74. The fourth-order valence-electron chi connectivity index (χ4n) is 2.87. The van der Waals surface area contributed by atoms with Crippen molar-refractivity contribution in [2.75, 3.05) is 19.7 Å². The van der Waals surface area contributed by atoms with Crippen molar-refractivity contribution in [2.45, 2.75) is 45.1 Å². The Bertz CT molecular complexity index is 332. The lowest BCUT2D eigenvalue weighted by Gasteiger charge is -2.19. The van der Waals surface area contributed by atoms with E-state index in [2.05, 4.69) is 42.6 Å². The summed E-state index contributed by atoms with van der Waals surface area (Å²) in [6.07, 6.45) is 6.72. The predicted octanol–water partition coefficient (Wildman–Crippen LogP) is 3.41. The Hall–Kier alpha value is -0.860. The number of hydrogen-bond acceptors (Lipinski definition) is 2. The van der Waals surface area contributed by atoms with E-state index in [1.165, 1.54) is 37.7 Å². The first kappa shape index (κ1) is 14.5.